The Labute approximate surface area is 130 Å². The van der Waals surface area contributed by atoms with Crippen LogP contribution in [-0.4, -0.2) is 17.6 Å². The Balaban J connectivity index is 2.08. The number of hydrogen-bond acceptors (Lipinski definition) is 2. The van der Waals surface area contributed by atoms with E-state index < -0.39 is 0 Å². The Morgan fingerprint density at radius 1 is 1.24 bits per heavy atom. The molecule has 2 nitrogen and oxygen atoms in total. The highest BCUT2D eigenvalue weighted by Gasteiger charge is 2.13. The average Bonchev–Trinajstić information content (AvgIpc) is 2.48. The standard InChI is InChI=1S/C17H20ClFN2/c1-2-8-20-16(12-15-5-3-4-9-21-15)10-13-6-7-14(18)11-17(13)19/h3-7,9,11,16,20H,2,8,10,12H2,1H3. The summed E-state index contributed by atoms with van der Waals surface area (Å²) >= 11 is 5.80. The molecule has 0 spiro atoms. The van der Waals surface area contributed by atoms with Crippen LogP contribution in [0.3, 0.4) is 0 Å². The zero-order chi connectivity index (χ0) is 15.1. The lowest BCUT2D eigenvalue weighted by Gasteiger charge is -2.18. The van der Waals surface area contributed by atoms with Gasteiger partial charge in [0, 0.05) is 29.4 Å². The van der Waals surface area contributed by atoms with Crippen LogP contribution in [-0.2, 0) is 12.8 Å². The van der Waals surface area contributed by atoms with Crippen molar-refractivity contribution in [3.63, 3.8) is 0 Å². The number of nitrogens with one attached hydrogen (secondary N) is 1. The molecular formula is C17H20ClFN2. The summed E-state index contributed by atoms with van der Waals surface area (Å²) in [6, 6.07) is 10.9. The highest BCUT2D eigenvalue weighted by atomic mass is 35.5. The van der Waals surface area contributed by atoms with E-state index in [0.717, 1.165) is 25.1 Å². The largest absolute Gasteiger partial charge is 0.313 e. The SMILES string of the molecule is CCCNC(Cc1ccccn1)Cc1ccc(Cl)cc1F. The molecule has 2 aromatic rings. The van der Waals surface area contributed by atoms with E-state index in [-0.39, 0.29) is 11.9 Å². The van der Waals surface area contributed by atoms with Crippen molar-refractivity contribution in [3.05, 3.63) is 64.7 Å². The average molecular weight is 307 g/mol. The predicted octanol–water partition coefficient (Wildman–Crippen LogP) is 4.03. The fourth-order valence-corrected chi connectivity index (χ4v) is 2.45. The molecule has 0 aliphatic heterocycles. The molecule has 0 bridgehead atoms. The molecule has 2 rings (SSSR count). The van der Waals surface area contributed by atoms with Crippen LogP contribution in [0.2, 0.25) is 5.02 Å². The molecular weight excluding hydrogens is 287 g/mol. The third kappa shape index (κ3) is 5.10. The van der Waals surface area contributed by atoms with Crippen molar-refractivity contribution in [1.82, 2.24) is 10.3 Å². The van der Waals surface area contributed by atoms with Crippen molar-refractivity contribution in [2.24, 2.45) is 0 Å². The molecule has 4 heteroatoms. The van der Waals surface area contributed by atoms with E-state index in [4.69, 9.17) is 11.6 Å². The fraction of sp³-hybridized carbons (Fsp3) is 0.353. The second kappa shape index (κ2) is 8.11. The van der Waals surface area contributed by atoms with E-state index in [0.29, 0.717) is 17.0 Å². The van der Waals surface area contributed by atoms with Crippen molar-refractivity contribution in [2.75, 3.05) is 6.54 Å². The number of aromatic nitrogens is 1. The van der Waals surface area contributed by atoms with E-state index in [1.54, 1.807) is 18.3 Å². The molecule has 21 heavy (non-hydrogen) atoms. The molecule has 0 fully saturated rings. The number of rotatable bonds is 7. The van der Waals surface area contributed by atoms with Gasteiger partial charge in [-0.05, 0) is 49.2 Å². The van der Waals surface area contributed by atoms with Crippen molar-refractivity contribution in [1.29, 1.82) is 0 Å². The van der Waals surface area contributed by atoms with Crippen LogP contribution in [0.1, 0.15) is 24.6 Å². The second-order valence-electron chi connectivity index (χ2n) is 5.12. The van der Waals surface area contributed by atoms with Gasteiger partial charge in [-0.2, -0.15) is 0 Å². The lowest BCUT2D eigenvalue weighted by Crippen LogP contribution is -2.34. The van der Waals surface area contributed by atoms with E-state index in [1.807, 2.05) is 18.2 Å². The van der Waals surface area contributed by atoms with Crippen molar-refractivity contribution < 1.29 is 4.39 Å². The van der Waals surface area contributed by atoms with Crippen LogP contribution in [0.15, 0.2) is 42.6 Å². The first-order valence-corrected chi connectivity index (χ1v) is 7.64. The number of halogens is 2. The van der Waals surface area contributed by atoms with Gasteiger partial charge < -0.3 is 5.32 Å². The minimum absolute atomic E-state index is 0.163. The van der Waals surface area contributed by atoms with Crippen LogP contribution >= 0.6 is 11.6 Å². The molecule has 1 aromatic carbocycles. The Morgan fingerprint density at radius 2 is 2.10 bits per heavy atom. The summed E-state index contributed by atoms with van der Waals surface area (Å²) in [6.07, 6.45) is 4.24. The zero-order valence-electron chi connectivity index (χ0n) is 12.2. The summed E-state index contributed by atoms with van der Waals surface area (Å²) in [5.41, 5.74) is 1.70. The van der Waals surface area contributed by atoms with Gasteiger partial charge in [0.15, 0.2) is 0 Å². The van der Waals surface area contributed by atoms with E-state index in [9.17, 15) is 4.39 Å². The summed E-state index contributed by atoms with van der Waals surface area (Å²) in [7, 11) is 0. The summed E-state index contributed by atoms with van der Waals surface area (Å²) in [5.74, 6) is -0.244. The first kappa shape index (κ1) is 15.9. The maximum Gasteiger partial charge on any atom is 0.127 e. The molecule has 1 N–H and O–H groups in total. The highest BCUT2D eigenvalue weighted by molar-refractivity contribution is 6.30. The first-order valence-electron chi connectivity index (χ1n) is 7.26. The molecule has 0 amide bonds. The van der Waals surface area contributed by atoms with Gasteiger partial charge >= 0.3 is 0 Å². The maximum absolute atomic E-state index is 13.9. The molecule has 0 radical (unpaired) electrons. The minimum Gasteiger partial charge on any atom is -0.313 e. The first-order chi connectivity index (χ1) is 10.2. The van der Waals surface area contributed by atoms with Crippen LogP contribution in [0.25, 0.3) is 0 Å². The molecule has 0 saturated heterocycles. The van der Waals surface area contributed by atoms with Gasteiger partial charge in [-0.25, -0.2) is 4.39 Å². The number of benzene rings is 1. The monoisotopic (exact) mass is 306 g/mol. The molecule has 0 aliphatic carbocycles. The summed E-state index contributed by atoms with van der Waals surface area (Å²) in [6.45, 7) is 3.03. The van der Waals surface area contributed by atoms with Crippen LogP contribution < -0.4 is 5.32 Å². The topological polar surface area (TPSA) is 24.9 Å². The van der Waals surface area contributed by atoms with Gasteiger partial charge in [0.05, 0.1) is 0 Å². The second-order valence-corrected chi connectivity index (χ2v) is 5.55. The predicted molar refractivity (Wildman–Crippen MR) is 85.1 cm³/mol. The molecule has 0 saturated carbocycles. The highest BCUT2D eigenvalue weighted by Crippen LogP contribution is 2.17. The smallest absolute Gasteiger partial charge is 0.127 e. The molecule has 1 heterocycles. The van der Waals surface area contributed by atoms with Crippen molar-refractivity contribution in [3.8, 4) is 0 Å². The number of nitrogens with zero attached hydrogens (tertiary/aromatic N) is 1. The number of hydrogen-bond donors (Lipinski definition) is 1. The van der Waals surface area contributed by atoms with E-state index in [2.05, 4.69) is 17.2 Å². The van der Waals surface area contributed by atoms with Gasteiger partial charge in [-0.3, -0.25) is 4.98 Å². The molecule has 112 valence electrons. The normalized spacial score (nSPS) is 12.3. The van der Waals surface area contributed by atoms with Crippen LogP contribution in [0.5, 0.6) is 0 Å². The Kier molecular flexibility index (Phi) is 6.15. The zero-order valence-corrected chi connectivity index (χ0v) is 12.9. The van der Waals surface area contributed by atoms with Crippen LogP contribution in [0.4, 0.5) is 4.39 Å². The van der Waals surface area contributed by atoms with Crippen molar-refractivity contribution >= 4 is 11.6 Å². The molecule has 1 atom stereocenters. The third-order valence-corrected chi connectivity index (χ3v) is 3.58. The summed E-state index contributed by atoms with van der Waals surface area (Å²) in [4.78, 5) is 4.35. The van der Waals surface area contributed by atoms with Gasteiger partial charge in [0.2, 0.25) is 0 Å². The third-order valence-electron chi connectivity index (χ3n) is 3.35. The molecule has 1 unspecified atom stereocenters. The summed E-state index contributed by atoms with van der Waals surface area (Å²) in [5, 5.41) is 3.90. The lowest BCUT2D eigenvalue weighted by molar-refractivity contribution is 0.488. The van der Waals surface area contributed by atoms with Gasteiger partial charge in [0.25, 0.3) is 0 Å². The molecule has 1 aromatic heterocycles. The van der Waals surface area contributed by atoms with E-state index in [1.165, 1.54) is 6.07 Å². The van der Waals surface area contributed by atoms with E-state index >= 15 is 0 Å². The Hall–Kier alpha value is -1.45. The Bertz CT molecular complexity index is 560. The quantitative estimate of drug-likeness (QED) is 0.835. The fourth-order valence-electron chi connectivity index (χ4n) is 2.29. The Morgan fingerprint density at radius 3 is 2.76 bits per heavy atom. The van der Waals surface area contributed by atoms with Gasteiger partial charge in [-0.15, -0.1) is 0 Å². The summed E-state index contributed by atoms with van der Waals surface area (Å²) < 4.78 is 13.9. The minimum atomic E-state index is -0.244. The van der Waals surface area contributed by atoms with Crippen LogP contribution in [0, 0.1) is 5.82 Å². The maximum atomic E-state index is 13.9. The lowest BCUT2D eigenvalue weighted by atomic mass is 10.0. The van der Waals surface area contributed by atoms with Crippen molar-refractivity contribution in [2.45, 2.75) is 32.2 Å². The number of pyridine rings is 1. The van der Waals surface area contributed by atoms with Gasteiger partial charge in [-0.1, -0.05) is 30.7 Å². The van der Waals surface area contributed by atoms with Gasteiger partial charge in [0.1, 0.15) is 5.82 Å². The molecule has 0 aliphatic rings.